The van der Waals surface area contributed by atoms with Crippen molar-refractivity contribution in [1.82, 2.24) is 42.5 Å². The summed E-state index contributed by atoms with van der Waals surface area (Å²) in [6.45, 7) is 0.769. The van der Waals surface area contributed by atoms with Gasteiger partial charge < -0.3 is 128 Å². The number of esters is 5. The zero-order valence-corrected chi connectivity index (χ0v) is 72.2. The number of nitrogens with one attached hydrogen (secondary N) is 8. The van der Waals surface area contributed by atoms with Crippen LogP contribution >= 0.6 is 0 Å². The topological polar surface area (TPSA) is 615 Å². The third-order valence-electron chi connectivity index (χ3n) is 17.9. The highest BCUT2D eigenvalue weighted by Crippen LogP contribution is 2.13. The van der Waals surface area contributed by atoms with Gasteiger partial charge in [0.1, 0.15) is 96.3 Å². The summed E-state index contributed by atoms with van der Waals surface area (Å²) in [6.07, 6.45) is 1.69. The van der Waals surface area contributed by atoms with Gasteiger partial charge in [0, 0.05) is 21.0 Å². The van der Waals surface area contributed by atoms with Gasteiger partial charge in [-0.25, -0.2) is 57.5 Å². The molecule has 0 radical (unpaired) electrons. The van der Waals surface area contributed by atoms with E-state index in [-0.39, 0.29) is 156 Å². The zero-order chi connectivity index (χ0) is 95.3. The Hall–Kier alpha value is -13.5. The number of rotatable bonds is 59. The number of carbonyl (C=O) groups is 16. The number of carbonyl (C=O) groups excluding carboxylic acids is 14. The van der Waals surface area contributed by atoms with Crippen LogP contribution in [-0.4, -0.2) is 257 Å². The molecule has 6 atom stereocenters. The van der Waals surface area contributed by atoms with Crippen molar-refractivity contribution in [3.63, 3.8) is 0 Å². The summed E-state index contributed by atoms with van der Waals surface area (Å²) in [4.78, 5) is 198. The average molecular weight is 1830 g/mol. The smallest absolute Gasteiger partial charge is 0.489 e. The van der Waals surface area contributed by atoms with Crippen molar-refractivity contribution in [3.05, 3.63) is 179 Å². The van der Waals surface area contributed by atoms with Crippen molar-refractivity contribution in [2.75, 3.05) is 105 Å². The maximum absolute atomic E-state index is 14.1. The van der Waals surface area contributed by atoms with E-state index in [4.69, 9.17) is 66.9 Å². The third kappa shape index (κ3) is 52.6. The molecule has 714 valence electrons. The lowest BCUT2D eigenvalue weighted by molar-refractivity contribution is -0.143. The Morgan fingerprint density at radius 1 is 0.308 bits per heavy atom. The van der Waals surface area contributed by atoms with Gasteiger partial charge >= 0.3 is 79.8 Å². The van der Waals surface area contributed by atoms with Crippen LogP contribution < -0.4 is 65.5 Å². The number of hydrogen-bond donors (Lipinski definition) is 14. The molecule has 5 aromatic carbocycles. The molecular formula is C88H125BN12O29. The number of alkyl carbamates (subject to hydrolysis) is 4. The van der Waals surface area contributed by atoms with Gasteiger partial charge in [-0.2, -0.15) is 0 Å². The third-order valence-corrected chi connectivity index (χ3v) is 17.9. The van der Waals surface area contributed by atoms with Gasteiger partial charge in [-0.05, 0) is 196 Å². The van der Waals surface area contributed by atoms with Crippen LogP contribution in [0.15, 0.2) is 152 Å². The van der Waals surface area contributed by atoms with Gasteiger partial charge in [0.15, 0.2) is 0 Å². The van der Waals surface area contributed by atoms with Crippen molar-refractivity contribution >= 4 is 103 Å². The lowest BCUT2D eigenvalue weighted by atomic mass is 10.0. The molecule has 130 heavy (non-hydrogen) atoms. The van der Waals surface area contributed by atoms with E-state index >= 15 is 0 Å². The Kier molecular flexibility index (Phi) is 60.1. The van der Waals surface area contributed by atoms with Gasteiger partial charge in [0.25, 0.3) is 0 Å². The molecule has 0 fully saturated rings. The lowest BCUT2D eigenvalue weighted by Crippen LogP contribution is -2.55. The lowest BCUT2D eigenvalue weighted by Gasteiger charge is -2.24. The molecule has 0 aliphatic rings. The number of amides is 8. The van der Waals surface area contributed by atoms with E-state index < -0.39 is 146 Å². The summed E-state index contributed by atoms with van der Waals surface area (Å²) in [5.74, 6) is -8.19. The van der Waals surface area contributed by atoms with Crippen LogP contribution in [0.1, 0.15) is 175 Å². The first-order valence-corrected chi connectivity index (χ1v) is 42.2. The second-order valence-electron chi connectivity index (χ2n) is 27.9. The Bertz CT molecular complexity index is 4200. The number of ether oxygens (including phenoxy) is 10. The minimum Gasteiger partial charge on any atom is -0.510 e. The fraction of sp³-hybridized carbons (Fsp3) is 0.477. The zero-order valence-electron chi connectivity index (χ0n) is 73.2. The molecule has 0 aliphatic carbocycles. The van der Waals surface area contributed by atoms with Crippen LogP contribution in [0, 0.1) is 0 Å². The highest BCUT2D eigenvalue weighted by Gasteiger charge is 2.32. The van der Waals surface area contributed by atoms with E-state index in [1.165, 1.54) is 19.0 Å². The largest absolute Gasteiger partial charge is 0.510 e. The van der Waals surface area contributed by atoms with Crippen molar-refractivity contribution in [2.45, 2.75) is 166 Å². The number of unbranched alkanes of at least 4 members (excludes halogenated alkanes) is 6. The van der Waals surface area contributed by atoms with Crippen LogP contribution in [0.3, 0.4) is 0 Å². The van der Waals surface area contributed by atoms with Gasteiger partial charge in [-0.15, -0.1) is 0 Å². The van der Waals surface area contributed by atoms with Crippen LogP contribution in [0.4, 0.5) is 24.0 Å². The molecule has 6 unspecified atom stereocenters. The normalized spacial score (nSPS) is 11.8. The molecule has 0 saturated carbocycles. The number of hydrogen-bond acceptors (Lipinski definition) is 31. The molecular weight excluding hydrogens is 1700 g/mol. The molecule has 5 aromatic rings. The first kappa shape index (κ1) is 111. The predicted molar refractivity (Wildman–Crippen MR) is 473 cm³/mol. The van der Waals surface area contributed by atoms with E-state index in [1.807, 2.05) is 0 Å². The minimum atomic E-state index is -1.46. The highest BCUT2D eigenvalue weighted by molar-refractivity contribution is 6.27. The van der Waals surface area contributed by atoms with Gasteiger partial charge in [0.05, 0.1) is 33.9 Å². The SMILES string of the molecule is C.NCCCCC(N)C(=O)NC(CCCCN)C(=O)NC(CCCCN)C(=O)O.O=C(NCCCCC(NC(=O)C(CCCCNC(=O)OCCOC(=O)c1ccccc1)NC(=O)C(CCCCNC(=O)OCCOC(=O)c1ccccc1)NC(=O)OCCOC(=O)c1ccccc1)C(=O)O)OCCOC(=O)c1ccccc1.[3H]B(C)OC(=O)OCCOC(=O)c1ccccc1. The number of aliphatic carboxylic acids is 2. The molecule has 0 saturated heterocycles. The van der Waals surface area contributed by atoms with Crippen molar-refractivity contribution in [3.8, 4) is 0 Å². The summed E-state index contributed by atoms with van der Waals surface area (Å²) in [6, 6.07) is 34.3. The molecule has 5 rings (SSSR count). The van der Waals surface area contributed by atoms with Crippen LogP contribution in [0.25, 0.3) is 0 Å². The quantitative estimate of drug-likeness (QED) is 0.00912. The minimum absolute atomic E-state index is 0. The average Bonchev–Trinajstić information content (AvgIpc) is 0.864. The molecule has 41 nitrogen and oxygen atoms in total. The highest BCUT2D eigenvalue weighted by atomic mass is 16.7. The summed E-state index contributed by atoms with van der Waals surface area (Å²) < 4.78 is 61.6. The Morgan fingerprint density at radius 2 is 0.538 bits per heavy atom. The van der Waals surface area contributed by atoms with E-state index in [0.29, 0.717) is 80.4 Å². The standard InChI is InChI=1S/C58H70N6O20.C18H38N6O4.C11H13BO5.CH4/c65-48(63-47(50(67)68)29-15-18-32-61-57(75)83-39-35-79-53(71)43-23-9-3-10-24-43)45(27-13-16-30-59-55(73)81-37-33-77-51(69)41-19-5-1-6-20-41)62-49(66)46(64-58(76)84-40-36-80-54(72)44-25-11-4-12-26-44)28-14-17-31-60-56(74)82-38-34-78-52(70)42-21-7-2-8-22-42;19-10-4-1-7-13(22)16(25)23-14(8-2-5-11-20)17(26)24-15(18(27)28)9-3-6-12-21;1-12-17-11(14)16-8-7-15-10(13)9-5-3-2-4-6-9;/h1-12,19-26,45-47H,13-18,27-40H2,(H,59,73)(H,60,74)(H,61,75)(H,62,66)(H,63,65)(H,64,76)(H,67,68);13-15H,1-12,19-22H2,(H,23,25)(H,24,26)(H,27,28);2-6,12H,7-8H2,1H3;1H4/i;;12T;. The van der Waals surface area contributed by atoms with E-state index in [2.05, 4.69) is 51.9 Å². The second kappa shape index (κ2) is 70.6. The number of carboxylic acids is 2. The van der Waals surface area contributed by atoms with Crippen LogP contribution in [-0.2, 0) is 80.8 Å². The van der Waals surface area contributed by atoms with Gasteiger partial charge in [-0.3, -0.25) is 19.2 Å². The number of nitrogens with two attached hydrogens (primary N) is 4. The molecule has 0 spiro atoms. The fourth-order valence-electron chi connectivity index (χ4n) is 11.1. The molecule has 42 heteroatoms. The van der Waals surface area contributed by atoms with E-state index in [9.17, 15) is 86.9 Å². The van der Waals surface area contributed by atoms with Gasteiger partial charge in [-0.1, -0.05) is 105 Å². The van der Waals surface area contributed by atoms with Gasteiger partial charge in [0.2, 0.25) is 23.6 Å². The Labute approximate surface area is 756 Å². The molecule has 0 heterocycles. The van der Waals surface area contributed by atoms with Crippen LogP contribution in [0.2, 0.25) is 6.82 Å². The van der Waals surface area contributed by atoms with Crippen molar-refractivity contribution < 1.29 is 139 Å². The molecule has 0 aromatic heterocycles. The fourth-order valence-corrected chi connectivity index (χ4v) is 11.1. The summed E-state index contributed by atoms with van der Waals surface area (Å²) >= 11 is 0. The molecule has 0 aliphatic heterocycles. The van der Waals surface area contributed by atoms with E-state index in [0.717, 1.165) is 12.8 Å². The molecule has 18 N–H and O–H groups in total. The summed E-state index contributed by atoms with van der Waals surface area (Å²) in [5, 5.41) is 39.7. The predicted octanol–water partition coefficient (Wildman–Crippen LogP) is 6.04. The molecule has 8 amide bonds. The van der Waals surface area contributed by atoms with Crippen LogP contribution in [0.5, 0.6) is 0 Å². The maximum atomic E-state index is 14.1. The first-order chi connectivity index (χ1) is 62.7. The molecule has 0 bridgehead atoms. The van der Waals surface area contributed by atoms with E-state index in [1.54, 1.807) is 140 Å². The Balaban J connectivity index is 0.000001000. The maximum Gasteiger partial charge on any atom is 0.489 e. The summed E-state index contributed by atoms with van der Waals surface area (Å²) in [7, 11) is -0.982. The number of benzene rings is 5. The monoisotopic (exact) mass is 1830 g/mol. The first-order valence-electron chi connectivity index (χ1n) is 42.8. The Morgan fingerprint density at radius 3 is 0.815 bits per heavy atom. The van der Waals surface area contributed by atoms with Crippen molar-refractivity contribution in [2.24, 2.45) is 22.9 Å². The second-order valence-corrected chi connectivity index (χ2v) is 27.9. The number of carboxylic acid groups (broad SMARTS) is 2. The van der Waals surface area contributed by atoms with Crippen molar-refractivity contribution in [1.29, 1.82) is 1.34 Å². The summed E-state index contributed by atoms with van der Waals surface area (Å²) in [5.41, 5.74) is 23.9.